The maximum absolute atomic E-state index is 11.8. The summed E-state index contributed by atoms with van der Waals surface area (Å²) < 4.78 is 0.870. The third kappa shape index (κ3) is 3.72. The third-order valence-electron chi connectivity index (χ3n) is 2.05. The summed E-state index contributed by atoms with van der Waals surface area (Å²) >= 11 is 6.30. The second-order valence-corrected chi connectivity index (χ2v) is 5.23. The van der Waals surface area contributed by atoms with E-state index < -0.39 is 0 Å². The van der Waals surface area contributed by atoms with E-state index in [1.54, 1.807) is 6.92 Å². The number of phenols is 1. The van der Waals surface area contributed by atoms with Crippen molar-refractivity contribution >= 4 is 37.8 Å². The van der Waals surface area contributed by atoms with Crippen molar-refractivity contribution in [2.45, 2.75) is 19.4 Å². The number of nitrogens with zero attached hydrogens (tertiary/aromatic N) is 1. The van der Waals surface area contributed by atoms with Crippen molar-refractivity contribution in [3.8, 4) is 11.8 Å². The maximum Gasteiger partial charge on any atom is 0.251 e. The molecule has 1 rings (SSSR count). The van der Waals surface area contributed by atoms with E-state index in [1.165, 1.54) is 12.1 Å². The average molecular weight is 362 g/mol. The first-order valence-electron chi connectivity index (χ1n) is 4.81. The minimum Gasteiger partial charge on any atom is -0.506 e. The van der Waals surface area contributed by atoms with E-state index in [0.29, 0.717) is 14.5 Å². The van der Waals surface area contributed by atoms with Crippen molar-refractivity contribution in [1.82, 2.24) is 5.32 Å². The summed E-state index contributed by atoms with van der Waals surface area (Å²) in [6.07, 6.45) is 0.256. The van der Waals surface area contributed by atoms with Gasteiger partial charge in [0.15, 0.2) is 0 Å². The average Bonchev–Trinajstić information content (AvgIpc) is 2.25. The molecule has 0 saturated heterocycles. The molecule has 1 unspecified atom stereocenters. The molecule has 0 aliphatic rings. The second kappa shape index (κ2) is 6.03. The molecule has 0 radical (unpaired) electrons. The number of benzene rings is 1. The number of rotatable bonds is 3. The Morgan fingerprint density at radius 1 is 1.53 bits per heavy atom. The smallest absolute Gasteiger partial charge is 0.251 e. The summed E-state index contributed by atoms with van der Waals surface area (Å²) in [5.41, 5.74) is 0.409. The molecule has 1 aromatic carbocycles. The highest BCUT2D eigenvalue weighted by atomic mass is 79.9. The van der Waals surface area contributed by atoms with Crippen molar-refractivity contribution in [1.29, 1.82) is 5.26 Å². The molecule has 0 bridgehead atoms. The van der Waals surface area contributed by atoms with Gasteiger partial charge < -0.3 is 10.4 Å². The Kier molecular flexibility index (Phi) is 4.97. The van der Waals surface area contributed by atoms with Crippen LogP contribution in [0, 0.1) is 11.3 Å². The molecular weight excluding hydrogens is 352 g/mol. The van der Waals surface area contributed by atoms with Crippen LogP contribution in [-0.4, -0.2) is 17.1 Å². The second-order valence-electron chi connectivity index (χ2n) is 3.53. The lowest BCUT2D eigenvalue weighted by Gasteiger charge is -2.11. The molecule has 17 heavy (non-hydrogen) atoms. The summed E-state index contributed by atoms with van der Waals surface area (Å²) in [6.45, 7) is 1.76. The summed E-state index contributed by atoms with van der Waals surface area (Å²) in [6, 6.07) is 4.82. The number of carbonyl (C=O) groups is 1. The van der Waals surface area contributed by atoms with Crippen LogP contribution in [-0.2, 0) is 0 Å². The molecule has 2 N–H and O–H groups in total. The molecule has 0 spiro atoms. The summed E-state index contributed by atoms with van der Waals surface area (Å²) in [4.78, 5) is 11.8. The molecule has 6 heteroatoms. The molecule has 1 atom stereocenters. The Hall–Kier alpha value is -1.06. The lowest BCUT2D eigenvalue weighted by Crippen LogP contribution is -2.32. The molecule has 0 fully saturated rings. The number of amides is 1. The molecule has 4 nitrogen and oxygen atoms in total. The zero-order valence-electron chi connectivity index (χ0n) is 9.00. The van der Waals surface area contributed by atoms with Gasteiger partial charge in [0.05, 0.1) is 21.4 Å². The van der Waals surface area contributed by atoms with Gasteiger partial charge in [-0.1, -0.05) is 0 Å². The Morgan fingerprint density at radius 3 is 2.53 bits per heavy atom. The molecular formula is C11H10Br2N2O2. The first-order chi connectivity index (χ1) is 7.95. The maximum atomic E-state index is 11.8. The van der Waals surface area contributed by atoms with Crippen LogP contribution in [0.3, 0.4) is 0 Å². The van der Waals surface area contributed by atoms with Gasteiger partial charge in [-0.05, 0) is 50.9 Å². The number of nitrogens with one attached hydrogen (secondary N) is 1. The van der Waals surface area contributed by atoms with Crippen molar-refractivity contribution in [3.05, 3.63) is 26.6 Å². The lowest BCUT2D eigenvalue weighted by molar-refractivity contribution is 0.0940. The number of halogens is 2. The van der Waals surface area contributed by atoms with Crippen molar-refractivity contribution < 1.29 is 9.90 Å². The zero-order valence-corrected chi connectivity index (χ0v) is 12.2. The molecule has 0 saturated carbocycles. The van der Waals surface area contributed by atoms with E-state index in [0.717, 1.165) is 0 Å². The molecule has 1 aromatic rings. The number of nitriles is 1. The van der Waals surface area contributed by atoms with Gasteiger partial charge in [-0.25, -0.2) is 0 Å². The van der Waals surface area contributed by atoms with E-state index in [9.17, 15) is 9.90 Å². The number of hydrogen-bond acceptors (Lipinski definition) is 3. The largest absolute Gasteiger partial charge is 0.506 e. The standard InChI is InChI=1S/C11H10Br2N2O2/c1-6(2-3-14)15-11(17)7-4-8(12)10(16)9(13)5-7/h4-6,16H,2H2,1H3,(H,15,17). The van der Waals surface area contributed by atoms with E-state index in [2.05, 4.69) is 37.2 Å². The first-order valence-corrected chi connectivity index (χ1v) is 6.40. The number of phenolic OH excluding ortho intramolecular Hbond substituents is 1. The SMILES string of the molecule is CC(CC#N)NC(=O)c1cc(Br)c(O)c(Br)c1. The predicted molar refractivity (Wildman–Crippen MR) is 70.7 cm³/mol. The first kappa shape index (κ1) is 14.0. The Balaban J connectivity index is 2.87. The molecule has 1 amide bonds. The summed E-state index contributed by atoms with van der Waals surface area (Å²) in [5, 5.41) is 20.7. The number of aromatic hydroxyl groups is 1. The van der Waals surface area contributed by atoms with Gasteiger partial charge in [0, 0.05) is 11.6 Å². The van der Waals surface area contributed by atoms with Crippen molar-refractivity contribution in [2.24, 2.45) is 0 Å². The van der Waals surface area contributed by atoms with Crippen LogP contribution < -0.4 is 5.32 Å². The van der Waals surface area contributed by atoms with E-state index in [4.69, 9.17) is 5.26 Å². The van der Waals surface area contributed by atoms with Gasteiger partial charge in [-0.2, -0.15) is 5.26 Å². The Labute approximate surface area is 116 Å². The lowest BCUT2D eigenvalue weighted by atomic mass is 10.2. The van der Waals surface area contributed by atoms with Crippen molar-refractivity contribution in [3.63, 3.8) is 0 Å². The molecule has 0 heterocycles. The fourth-order valence-electron chi connectivity index (χ4n) is 1.19. The van der Waals surface area contributed by atoms with Crippen LogP contribution in [0.2, 0.25) is 0 Å². The molecule has 0 aliphatic heterocycles. The van der Waals surface area contributed by atoms with Gasteiger partial charge in [0.1, 0.15) is 5.75 Å². The van der Waals surface area contributed by atoms with Gasteiger partial charge in [-0.3, -0.25) is 4.79 Å². The minimum atomic E-state index is -0.283. The van der Waals surface area contributed by atoms with Crippen molar-refractivity contribution in [2.75, 3.05) is 0 Å². The highest BCUT2D eigenvalue weighted by molar-refractivity contribution is 9.11. The third-order valence-corrected chi connectivity index (χ3v) is 3.26. The van der Waals surface area contributed by atoms with Gasteiger partial charge in [0.25, 0.3) is 5.91 Å². The predicted octanol–water partition coefficient (Wildman–Crippen LogP) is 2.95. The van der Waals surface area contributed by atoms with Crippen LogP contribution in [0.25, 0.3) is 0 Å². The van der Waals surface area contributed by atoms with Crippen LogP contribution in [0.15, 0.2) is 21.1 Å². The Bertz CT molecular complexity index is 460. The highest BCUT2D eigenvalue weighted by Crippen LogP contribution is 2.33. The van der Waals surface area contributed by atoms with Gasteiger partial charge in [0.2, 0.25) is 0 Å². The van der Waals surface area contributed by atoms with Crippen LogP contribution >= 0.6 is 31.9 Å². The quantitative estimate of drug-likeness (QED) is 0.869. The molecule has 90 valence electrons. The molecule has 0 aromatic heterocycles. The Morgan fingerprint density at radius 2 is 2.06 bits per heavy atom. The highest BCUT2D eigenvalue weighted by Gasteiger charge is 2.13. The number of carbonyl (C=O) groups excluding carboxylic acids is 1. The topological polar surface area (TPSA) is 73.1 Å². The minimum absolute atomic E-state index is 0.0478. The fourth-order valence-corrected chi connectivity index (χ4v) is 2.38. The molecule has 0 aliphatic carbocycles. The van der Waals surface area contributed by atoms with Gasteiger partial charge >= 0.3 is 0 Å². The monoisotopic (exact) mass is 360 g/mol. The zero-order chi connectivity index (χ0) is 13.0. The van der Waals surface area contributed by atoms with E-state index in [-0.39, 0.29) is 24.1 Å². The van der Waals surface area contributed by atoms with E-state index >= 15 is 0 Å². The fraction of sp³-hybridized carbons (Fsp3) is 0.273. The van der Waals surface area contributed by atoms with E-state index in [1.807, 2.05) is 6.07 Å². The van der Waals surface area contributed by atoms with Gasteiger partial charge in [-0.15, -0.1) is 0 Å². The van der Waals surface area contributed by atoms with Crippen LogP contribution in [0.1, 0.15) is 23.7 Å². The summed E-state index contributed by atoms with van der Waals surface area (Å²) in [7, 11) is 0. The normalized spacial score (nSPS) is 11.6. The summed E-state index contributed by atoms with van der Waals surface area (Å²) in [5.74, 6) is -0.235. The number of hydrogen-bond donors (Lipinski definition) is 2. The van der Waals surface area contributed by atoms with Crippen LogP contribution in [0.5, 0.6) is 5.75 Å². The van der Waals surface area contributed by atoms with Crippen LogP contribution in [0.4, 0.5) is 0 Å².